The minimum absolute atomic E-state index is 0.782. The quantitative estimate of drug-likeness (QED) is 0.607. The van der Waals surface area contributed by atoms with Crippen LogP contribution in [-0.2, 0) is 0 Å². The Morgan fingerprint density at radius 3 is 2.55 bits per heavy atom. The molecule has 1 nitrogen and oxygen atoms in total. The predicted octanol–water partition coefficient (Wildman–Crippen LogP) is 2.72. The molecule has 66 valence electrons. The molecule has 0 radical (unpaired) electrons. The van der Waals surface area contributed by atoms with Gasteiger partial charge in [0.15, 0.2) is 0 Å². The van der Waals surface area contributed by atoms with E-state index in [9.17, 15) is 0 Å². The highest BCUT2D eigenvalue weighted by Crippen LogP contribution is 2.07. The maximum atomic E-state index is 5.42. The van der Waals surface area contributed by atoms with Gasteiger partial charge >= 0.3 is 0 Å². The van der Waals surface area contributed by atoms with Crippen molar-refractivity contribution in [2.45, 2.75) is 40.0 Å². The first-order chi connectivity index (χ1) is 5.16. The highest BCUT2D eigenvalue weighted by molar-refractivity contribution is 4.97. The standard InChI is InChI=1S/C10H21N/c1-9(2)5-4-6-10(3)7-8-11/h6,9H,4-5,7-8,11H2,1-3H3. The van der Waals surface area contributed by atoms with Crippen molar-refractivity contribution in [1.29, 1.82) is 0 Å². The number of rotatable bonds is 5. The molecule has 0 heterocycles. The van der Waals surface area contributed by atoms with Crippen LogP contribution in [0.15, 0.2) is 11.6 Å². The van der Waals surface area contributed by atoms with E-state index in [1.807, 2.05) is 0 Å². The fourth-order valence-corrected chi connectivity index (χ4v) is 0.993. The molecule has 0 aromatic heterocycles. The molecule has 0 saturated carbocycles. The van der Waals surface area contributed by atoms with Crippen LogP contribution in [-0.4, -0.2) is 6.54 Å². The maximum absolute atomic E-state index is 5.42. The summed E-state index contributed by atoms with van der Waals surface area (Å²) in [5, 5.41) is 0. The highest BCUT2D eigenvalue weighted by Gasteiger charge is 1.91. The van der Waals surface area contributed by atoms with Crippen LogP contribution >= 0.6 is 0 Å². The monoisotopic (exact) mass is 155 g/mol. The summed E-state index contributed by atoms with van der Waals surface area (Å²) in [5.41, 5.74) is 6.86. The van der Waals surface area contributed by atoms with E-state index in [2.05, 4.69) is 26.8 Å². The number of hydrogen-bond acceptors (Lipinski definition) is 1. The smallest absolute Gasteiger partial charge is 0.00401 e. The van der Waals surface area contributed by atoms with Gasteiger partial charge in [0.2, 0.25) is 0 Å². The van der Waals surface area contributed by atoms with Gasteiger partial charge in [-0.15, -0.1) is 0 Å². The lowest BCUT2D eigenvalue weighted by Gasteiger charge is -2.01. The fourth-order valence-electron chi connectivity index (χ4n) is 0.993. The van der Waals surface area contributed by atoms with Crippen molar-refractivity contribution in [3.05, 3.63) is 11.6 Å². The first-order valence-corrected chi connectivity index (χ1v) is 4.52. The highest BCUT2D eigenvalue weighted by atomic mass is 14.5. The Morgan fingerprint density at radius 1 is 1.45 bits per heavy atom. The molecule has 0 rings (SSSR count). The molecule has 1 heteroatoms. The zero-order valence-corrected chi connectivity index (χ0v) is 8.06. The van der Waals surface area contributed by atoms with Crippen LogP contribution in [0.5, 0.6) is 0 Å². The second kappa shape index (κ2) is 6.41. The third kappa shape index (κ3) is 7.60. The van der Waals surface area contributed by atoms with E-state index < -0.39 is 0 Å². The molecule has 0 aromatic rings. The fraction of sp³-hybridized carbons (Fsp3) is 0.800. The molecule has 0 unspecified atom stereocenters. The Labute approximate surface area is 70.7 Å². The third-order valence-corrected chi connectivity index (χ3v) is 1.78. The van der Waals surface area contributed by atoms with Gasteiger partial charge in [-0.05, 0) is 38.6 Å². The zero-order chi connectivity index (χ0) is 8.69. The normalized spacial score (nSPS) is 12.6. The van der Waals surface area contributed by atoms with Crippen LogP contribution in [0.1, 0.15) is 40.0 Å². The molecule has 0 fully saturated rings. The van der Waals surface area contributed by atoms with Crippen molar-refractivity contribution >= 4 is 0 Å². The Kier molecular flexibility index (Phi) is 6.24. The summed E-state index contributed by atoms with van der Waals surface area (Å²) in [4.78, 5) is 0. The van der Waals surface area contributed by atoms with E-state index in [0.29, 0.717) is 0 Å². The van der Waals surface area contributed by atoms with Crippen LogP contribution in [0.2, 0.25) is 0 Å². The summed E-state index contributed by atoms with van der Waals surface area (Å²) in [6.07, 6.45) is 5.87. The summed E-state index contributed by atoms with van der Waals surface area (Å²) < 4.78 is 0. The van der Waals surface area contributed by atoms with Crippen LogP contribution in [0.3, 0.4) is 0 Å². The predicted molar refractivity (Wildman–Crippen MR) is 51.5 cm³/mol. The van der Waals surface area contributed by atoms with Gasteiger partial charge in [0, 0.05) is 0 Å². The molecule has 0 aliphatic heterocycles. The summed E-state index contributed by atoms with van der Waals surface area (Å²) in [5.74, 6) is 0.817. The van der Waals surface area contributed by atoms with Gasteiger partial charge in [0.1, 0.15) is 0 Å². The van der Waals surface area contributed by atoms with Crippen molar-refractivity contribution in [2.75, 3.05) is 6.54 Å². The van der Waals surface area contributed by atoms with E-state index in [1.54, 1.807) is 0 Å². The molecular formula is C10H21N. The molecule has 0 atom stereocenters. The molecule has 0 saturated heterocycles. The van der Waals surface area contributed by atoms with Gasteiger partial charge < -0.3 is 5.73 Å². The second-order valence-electron chi connectivity index (χ2n) is 3.56. The van der Waals surface area contributed by atoms with Gasteiger partial charge in [-0.3, -0.25) is 0 Å². The average molecular weight is 155 g/mol. The Bertz CT molecular complexity index is 114. The number of hydrogen-bond donors (Lipinski definition) is 1. The summed E-state index contributed by atoms with van der Waals surface area (Å²) in [6, 6.07) is 0. The molecule has 0 bridgehead atoms. The van der Waals surface area contributed by atoms with Crippen molar-refractivity contribution in [2.24, 2.45) is 11.7 Å². The van der Waals surface area contributed by atoms with Crippen LogP contribution in [0.25, 0.3) is 0 Å². The second-order valence-corrected chi connectivity index (χ2v) is 3.56. The number of nitrogens with two attached hydrogens (primary N) is 1. The average Bonchev–Trinajstić information content (AvgIpc) is 1.87. The van der Waals surface area contributed by atoms with Crippen molar-refractivity contribution in [1.82, 2.24) is 0 Å². The van der Waals surface area contributed by atoms with Gasteiger partial charge in [0.05, 0.1) is 0 Å². The first kappa shape index (κ1) is 10.7. The molecular weight excluding hydrogens is 134 g/mol. The van der Waals surface area contributed by atoms with Gasteiger partial charge in [-0.25, -0.2) is 0 Å². The van der Waals surface area contributed by atoms with Crippen LogP contribution in [0.4, 0.5) is 0 Å². The van der Waals surface area contributed by atoms with Crippen molar-refractivity contribution in [3.8, 4) is 0 Å². The lowest BCUT2D eigenvalue weighted by Crippen LogP contribution is -1.98. The molecule has 11 heavy (non-hydrogen) atoms. The molecule has 0 aliphatic carbocycles. The molecule has 0 spiro atoms. The lowest BCUT2D eigenvalue weighted by atomic mass is 10.1. The minimum atomic E-state index is 0.782. The zero-order valence-electron chi connectivity index (χ0n) is 8.06. The minimum Gasteiger partial charge on any atom is -0.330 e. The van der Waals surface area contributed by atoms with Gasteiger partial charge in [-0.1, -0.05) is 25.5 Å². The maximum Gasteiger partial charge on any atom is -0.00401 e. The topological polar surface area (TPSA) is 26.0 Å². The van der Waals surface area contributed by atoms with E-state index in [1.165, 1.54) is 18.4 Å². The molecule has 0 amide bonds. The van der Waals surface area contributed by atoms with Gasteiger partial charge in [-0.2, -0.15) is 0 Å². The van der Waals surface area contributed by atoms with Crippen molar-refractivity contribution in [3.63, 3.8) is 0 Å². The third-order valence-electron chi connectivity index (χ3n) is 1.78. The summed E-state index contributed by atoms with van der Waals surface area (Å²) >= 11 is 0. The Hall–Kier alpha value is -0.300. The lowest BCUT2D eigenvalue weighted by molar-refractivity contribution is 0.592. The van der Waals surface area contributed by atoms with E-state index in [4.69, 9.17) is 5.73 Å². The molecule has 2 N–H and O–H groups in total. The summed E-state index contributed by atoms with van der Waals surface area (Å²) in [7, 11) is 0. The largest absolute Gasteiger partial charge is 0.330 e. The first-order valence-electron chi connectivity index (χ1n) is 4.52. The van der Waals surface area contributed by atoms with Gasteiger partial charge in [0.25, 0.3) is 0 Å². The van der Waals surface area contributed by atoms with Crippen molar-refractivity contribution < 1.29 is 0 Å². The Balaban J connectivity index is 3.39. The van der Waals surface area contributed by atoms with Crippen LogP contribution in [0, 0.1) is 5.92 Å². The van der Waals surface area contributed by atoms with Crippen LogP contribution < -0.4 is 5.73 Å². The van der Waals surface area contributed by atoms with E-state index >= 15 is 0 Å². The van der Waals surface area contributed by atoms with E-state index in [-0.39, 0.29) is 0 Å². The summed E-state index contributed by atoms with van der Waals surface area (Å²) in [6.45, 7) is 7.45. The number of allylic oxidation sites excluding steroid dienone is 1. The molecule has 0 aromatic carbocycles. The SMILES string of the molecule is CC(=CCCC(C)C)CCN. The molecule has 0 aliphatic rings. The Morgan fingerprint density at radius 2 is 2.09 bits per heavy atom. The van der Waals surface area contributed by atoms with E-state index in [0.717, 1.165) is 18.9 Å².